The molecule has 0 spiro atoms. The van der Waals surface area contributed by atoms with Crippen LogP contribution < -0.4 is 4.72 Å². The van der Waals surface area contributed by atoms with Gasteiger partial charge in [-0.05, 0) is 84.2 Å². The lowest BCUT2D eigenvalue weighted by atomic mass is 9.90. The van der Waals surface area contributed by atoms with Gasteiger partial charge in [-0.1, -0.05) is 0 Å². The fraction of sp³-hybridized carbons (Fsp3) is 0.304. The lowest BCUT2D eigenvalue weighted by molar-refractivity contribution is -0.118. The standard InChI is InChI=1S/C23H20FN5O3S/c24-21-11-19(14-6-8-26-15(10-14)13-25)20(17-2-1-3-18(17)21)12-22(30)28-33(31,32)23-7-9-29(27-23)16-4-5-16/h6-11,16H,1-5,12H2,(H,28,30). The van der Waals surface area contributed by atoms with Crippen molar-refractivity contribution >= 4 is 15.9 Å². The Labute approximate surface area is 190 Å². The van der Waals surface area contributed by atoms with E-state index < -0.39 is 15.9 Å². The minimum absolute atomic E-state index is 0.164. The number of hydrogen-bond acceptors (Lipinski definition) is 6. The van der Waals surface area contributed by atoms with Gasteiger partial charge < -0.3 is 0 Å². The van der Waals surface area contributed by atoms with Crippen molar-refractivity contribution in [1.82, 2.24) is 19.5 Å². The smallest absolute Gasteiger partial charge is 0.274 e. The number of hydrogen-bond donors (Lipinski definition) is 1. The number of pyridine rings is 1. The number of sulfonamides is 1. The first-order valence-electron chi connectivity index (χ1n) is 10.7. The molecule has 2 aliphatic rings. The highest BCUT2D eigenvalue weighted by Gasteiger charge is 2.29. The summed E-state index contributed by atoms with van der Waals surface area (Å²) in [4.78, 5) is 16.8. The van der Waals surface area contributed by atoms with Crippen LogP contribution in [-0.4, -0.2) is 29.1 Å². The van der Waals surface area contributed by atoms with Crippen molar-refractivity contribution in [3.8, 4) is 17.2 Å². The Bertz CT molecular complexity index is 1420. The van der Waals surface area contributed by atoms with Gasteiger partial charge in [0, 0.05) is 12.4 Å². The molecule has 1 saturated carbocycles. The molecule has 5 rings (SSSR count). The molecule has 0 bridgehead atoms. The summed E-state index contributed by atoms with van der Waals surface area (Å²) < 4.78 is 43.9. The summed E-state index contributed by atoms with van der Waals surface area (Å²) in [6.45, 7) is 0. The SMILES string of the molecule is N#Cc1cc(-c2cc(F)c3c(c2CC(=O)NS(=O)(=O)c2ccn(C4CC4)n2)CCC3)ccn1. The molecule has 33 heavy (non-hydrogen) atoms. The van der Waals surface area contributed by atoms with E-state index in [2.05, 4.69) is 14.8 Å². The molecule has 2 aromatic heterocycles. The van der Waals surface area contributed by atoms with Gasteiger partial charge in [0.15, 0.2) is 5.03 Å². The van der Waals surface area contributed by atoms with E-state index in [9.17, 15) is 22.9 Å². The average molecular weight is 466 g/mol. The van der Waals surface area contributed by atoms with Gasteiger partial charge in [-0.3, -0.25) is 9.48 Å². The predicted molar refractivity (Wildman–Crippen MR) is 116 cm³/mol. The van der Waals surface area contributed by atoms with E-state index in [4.69, 9.17) is 0 Å². The van der Waals surface area contributed by atoms with Crippen molar-refractivity contribution < 1.29 is 17.6 Å². The molecule has 0 unspecified atom stereocenters. The molecule has 1 aromatic carbocycles. The first kappa shape index (κ1) is 21.3. The van der Waals surface area contributed by atoms with Crippen molar-refractivity contribution in [3.05, 3.63) is 64.9 Å². The molecule has 2 aliphatic carbocycles. The largest absolute Gasteiger partial charge is 0.283 e. The minimum atomic E-state index is -4.13. The number of fused-ring (bicyclic) bond motifs is 1. The van der Waals surface area contributed by atoms with Crippen molar-refractivity contribution in [1.29, 1.82) is 5.26 Å². The van der Waals surface area contributed by atoms with E-state index >= 15 is 0 Å². The predicted octanol–water partition coefficient (Wildman–Crippen LogP) is 2.83. The summed E-state index contributed by atoms with van der Waals surface area (Å²) in [6, 6.07) is 8.06. The maximum absolute atomic E-state index is 14.8. The number of rotatable bonds is 6. The molecule has 1 N–H and O–H groups in total. The van der Waals surface area contributed by atoms with E-state index in [1.54, 1.807) is 16.9 Å². The van der Waals surface area contributed by atoms with Crippen LogP contribution >= 0.6 is 0 Å². The molecule has 0 radical (unpaired) electrons. The van der Waals surface area contributed by atoms with Crippen LogP contribution in [-0.2, 0) is 34.1 Å². The minimum Gasteiger partial charge on any atom is -0.274 e. The third kappa shape index (κ3) is 4.12. The molecule has 8 nitrogen and oxygen atoms in total. The quantitative estimate of drug-likeness (QED) is 0.598. The van der Waals surface area contributed by atoms with Crippen LogP contribution in [0.25, 0.3) is 11.1 Å². The second kappa shape index (κ2) is 8.08. The second-order valence-electron chi connectivity index (χ2n) is 8.31. The van der Waals surface area contributed by atoms with E-state index in [-0.39, 0.29) is 29.0 Å². The number of amides is 1. The zero-order chi connectivity index (χ0) is 23.2. The lowest BCUT2D eigenvalue weighted by Crippen LogP contribution is -2.32. The van der Waals surface area contributed by atoms with Gasteiger partial charge in [-0.2, -0.15) is 18.8 Å². The number of halogens is 1. The third-order valence-corrected chi connectivity index (χ3v) is 7.28. The maximum Gasteiger partial charge on any atom is 0.283 e. The number of carbonyl (C=O) groups is 1. The van der Waals surface area contributed by atoms with Crippen LogP contribution in [0.2, 0.25) is 0 Å². The monoisotopic (exact) mass is 465 g/mol. The molecule has 0 atom stereocenters. The normalized spacial score (nSPS) is 15.2. The molecule has 10 heteroatoms. The van der Waals surface area contributed by atoms with E-state index in [1.807, 2.05) is 6.07 Å². The van der Waals surface area contributed by atoms with Crippen LogP contribution in [0.3, 0.4) is 0 Å². The number of carbonyl (C=O) groups excluding carboxylic acids is 1. The molecule has 0 saturated heterocycles. The van der Waals surface area contributed by atoms with Crippen LogP contribution in [0.1, 0.15) is 47.7 Å². The van der Waals surface area contributed by atoms with E-state index in [0.717, 1.165) is 24.8 Å². The fourth-order valence-electron chi connectivity index (χ4n) is 4.33. The van der Waals surface area contributed by atoms with Crippen molar-refractivity contribution in [2.24, 2.45) is 0 Å². The molecule has 0 aliphatic heterocycles. The highest BCUT2D eigenvalue weighted by atomic mass is 32.2. The number of nitrogens with zero attached hydrogens (tertiary/aromatic N) is 4. The molecular weight excluding hydrogens is 445 g/mol. The lowest BCUT2D eigenvalue weighted by Gasteiger charge is -2.16. The van der Waals surface area contributed by atoms with Gasteiger partial charge in [-0.15, -0.1) is 0 Å². The number of nitriles is 1. The summed E-state index contributed by atoms with van der Waals surface area (Å²) in [5, 5.41) is 13.1. The van der Waals surface area contributed by atoms with Gasteiger partial charge in [0.05, 0.1) is 12.5 Å². The van der Waals surface area contributed by atoms with Gasteiger partial charge in [0.2, 0.25) is 5.91 Å². The van der Waals surface area contributed by atoms with Crippen LogP contribution in [0.5, 0.6) is 0 Å². The maximum atomic E-state index is 14.8. The van der Waals surface area contributed by atoms with E-state index in [0.29, 0.717) is 35.1 Å². The number of benzene rings is 1. The third-order valence-electron chi connectivity index (χ3n) is 6.02. The van der Waals surface area contributed by atoms with Crippen LogP contribution in [0.4, 0.5) is 4.39 Å². The number of nitrogens with one attached hydrogen (secondary N) is 1. The first-order valence-corrected chi connectivity index (χ1v) is 12.1. The highest BCUT2D eigenvalue weighted by Crippen LogP contribution is 2.36. The number of aromatic nitrogens is 3. The Balaban J connectivity index is 1.47. The topological polar surface area (TPSA) is 118 Å². The van der Waals surface area contributed by atoms with Gasteiger partial charge in [0.1, 0.15) is 17.6 Å². The second-order valence-corrected chi connectivity index (χ2v) is 9.94. The van der Waals surface area contributed by atoms with Crippen molar-refractivity contribution in [2.75, 3.05) is 0 Å². The van der Waals surface area contributed by atoms with Crippen LogP contribution in [0.15, 0.2) is 41.7 Å². The zero-order valence-electron chi connectivity index (χ0n) is 17.6. The Morgan fingerprint density at radius 3 is 2.79 bits per heavy atom. The summed E-state index contributed by atoms with van der Waals surface area (Å²) in [7, 11) is -4.13. The summed E-state index contributed by atoms with van der Waals surface area (Å²) >= 11 is 0. The highest BCUT2D eigenvalue weighted by molar-refractivity contribution is 7.90. The Morgan fingerprint density at radius 1 is 1.24 bits per heavy atom. The average Bonchev–Trinajstić information content (AvgIpc) is 3.30. The Morgan fingerprint density at radius 2 is 2.03 bits per heavy atom. The summed E-state index contributed by atoms with van der Waals surface area (Å²) in [5.74, 6) is -1.09. The van der Waals surface area contributed by atoms with Gasteiger partial charge in [-0.25, -0.2) is 14.1 Å². The van der Waals surface area contributed by atoms with Gasteiger partial charge in [0.25, 0.3) is 10.0 Å². The Kier molecular flexibility index (Phi) is 5.21. The first-order chi connectivity index (χ1) is 15.9. The zero-order valence-corrected chi connectivity index (χ0v) is 18.4. The van der Waals surface area contributed by atoms with Crippen LogP contribution in [0, 0.1) is 17.1 Å². The molecule has 1 amide bonds. The molecular formula is C23H20FN5O3S. The molecule has 3 aromatic rings. The Hall–Kier alpha value is -3.58. The summed E-state index contributed by atoms with van der Waals surface area (Å²) in [6.07, 6.45) is 6.61. The van der Waals surface area contributed by atoms with E-state index in [1.165, 1.54) is 24.4 Å². The van der Waals surface area contributed by atoms with Crippen molar-refractivity contribution in [3.63, 3.8) is 0 Å². The molecule has 1 fully saturated rings. The fourth-order valence-corrected chi connectivity index (χ4v) is 5.25. The molecule has 2 heterocycles. The van der Waals surface area contributed by atoms with Gasteiger partial charge >= 0.3 is 0 Å². The summed E-state index contributed by atoms with van der Waals surface area (Å²) in [5.41, 5.74) is 3.02. The van der Waals surface area contributed by atoms with Crippen molar-refractivity contribution in [2.45, 2.75) is 49.6 Å². The molecule has 168 valence electrons.